The highest BCUT2D eigenvalue weighted by atomic mass is 35.5. The molecule has 3 aromatic carbocycles. The third-order valence-electron chi connectivity index (χ3n) is 4.33. The second-order valence-electron chi connectivity index (χ2n) is 6.61. The van der Waals surface area contributed by atoms with E-state index in [1.54, 1.807) is 42.5 Å². The summed E-state index contributed by atoms with van der Waals surface area (Å²) in [5, 5.41) is 4.98. The minimum Gasteiger partial charge on any atom is -0.494 e. The Balaban J connectivity index is 1.65. The number of hydrazone groups is 1. The van der Waals surface area contributed by atoms with Crippen LogP contribution in [0.4, 0.5) is 0 Å². The molecule has 0 heterocycles. The Labute approximate surface area is 196 Å². The maximum absolute atomic E-state index is 12.2. The van der Waals surface area contributed by atoms with Crippen LogP contribution in [0.3, 0.4) is 0 Å². The molecule has 1 N–H and O–H groups in total. The molecule has 0 spiro atoms. The number of carbonyl (C=O) groups is 1. The molecule has 8 heteroatoms. The molecule has 0 aliphatic rings. The van der Waals surface area contributed by atoms with Gasteiger partial charge in [0.2, 0.25) is 0 Å². The Bertz CT molecular complexity index is 1100. The van der Waals surface area contributed by atoms with Gasteiger partial charge in [-0.15, -0.1) is 0 Å². The van der Waals surface area contributed by atoms with Crippen molar-refractivity contribution in [2.24, 2.45) is 5.10 Å². The standard InChI is InChI=1S/C24H22Cl2N2O4/c1-3-31-20-9-7-18(8-10-20)24(29)28-27-14-17-12-21(26)23(22(13-17)30-2)32-15-16-5-4-6-19(25)11-16/h4-14H,3,15H2,1-2H3,(H,28,29)/b27-14+. The molecule has 6 nitrogen and oxygen atoms in total. The van der Waals surface area contributed by atoms with Crippen LogP contribution in [0.15, 0.2) is 65.8 Å². The predicted octanol–water partition coefficient (Wildman–Crippen LogP) is 5.74. The molecule has 0 unspecified atom stereocenters. The molecule has 166 valence electrons. The van der Waals surface area contributed by atoms with Crippen LogP contribution in [-0.4, -0.2) is 25.8 Å². The van der Waals surface area contributed by atoms with Crippen molar-refractivity contribution in [3.63, 3.8) is 0 Å². The van der Waals surface area contributed by atoms with Gasteiger partial charge in [-0.05, 0) is 66.6 Å². The lowest BCUT2D eigenvalue weighted by Crippen LogP contribution is -2.17. The van der Waals surface area contributed by atoms with Crippen LogP contribution < -0.4 is 19.6 Å². The van der Waals surface area contributed by atoms with Gasteiger partial charge in [-0.2, -0.15) is 5.10 Å². The van der Waals surface area contributed by atoms with Crippen molar-refractivity contribution in [2.45, 2.75) is 13.5 Å². The monoisotopic (exact) mass is 472 g/mol. The molecular weight excluding hydrogens is 451 g/mol. The number of hydrogen-bond donors (Lipinski definition) is 1. The van der Waals surface area contributed by atoms with Crippen molar-refractivity contribution < 1.29 is 19.0 Å². The van der Waals surface area contributed by atoms with E-state index in [1.165, 1.54) is 13.3 Å². The lowest BCUT2D eigenvalue weighted by Gasteiger charge is -2.13. The number of benzene rings is 3. The minimum atomic E-state index is -0.344. The summed E-state index contributed by atoms with van der Waals surface area (Å²) in [4.78, 5) is 12.2. The molecule has 0 aliphatic carbocycles. The number of ether oxygens (including phenoxy) is 3. The van der Waals surface area contributed by atoms with Crippen molar-refractivity contribution in [3.05, 3.63) is 87.4 Å². The normalized spacial score (nSPS) is 10.8. The molecule has 0 aromatic heterocycles. The maximum Gasteiger partial charge on any atom is 0.271 e. The van der Waals surface area contributed by atoms with E-state index in [2.05, 4.69) is 10.5 Å². The summed E-state index contributed by atoms with van der Waals surface area (Å²) in [6.07, 6.45) is 1.47. The molecular formula is C24H22Cl2N2O4. The zero-order valence-corrected chi connectivity index (χ0v) is 19.1. The van der Waals surface area contributed by atoms with Crippen LogP contribution in [0.25, 0.3) is 0 Å². The SMILES string of the molecule is CCOc1ccc(C(=O)N/N=C/c2cc(Cl)c(OCc3cccc(Cl)c3)c(OC)c2)cc1. The number of methoxy groups -OCH3 is 1. The molecule has 3 rings (SSSR count). The van der Waals surface area contributed by atoms with E-state index in [4.69, 9.17) is 37.4 Å². The Morgan fingerprint density at radius 1 is 1.06 bits per heavy atom. The summed E-state index contributed by atoms with van der Waals surface area (Å²) < 4.78 is 16.6. The molecule has 0 fully saturated rings. The molecule has 32 heavy (non-hydrogen) atoms. The predicted molar refractivity (Wildman–Crippen MR) is 126 cm³/mol. The van der Waals surface area contributed by atoms with Crippen molar-refractivity contribution in [3.8, 4) is 17.2 Å². The Morgan fingerprint density at radius 3 is 2.53 bits per heavy atom. The highest BCUT2D eigenvalue weighted by Gasteiger charge is 2.12. The van der Waals surface area contributed by atoms with Crippen molar-refractivity contribution >= 4 is 35.3 Å². The third kappa shape index (κ3) is 6.39. The van der Waals surface area contributed by atoms with Gasteiger partial charge in [-0.25, -0.2) is 5.43 Å². The number of hydrogen-bond acceptors (Lipinski definition) is 5. The first-order valence-electron chi connectivity index (χ1n) is 9.81. The van der Waals surface area contributed by atoms with Crippen LogP contribution in [0.1, 0.15) is 28.4 Å². The van der Waals surface area contributed by atoms with E-state index in [-0.39, 0.29) is 12.5 Å². The Morgan fingerprint density at radius 2 is 1.84 bits per heavy atom. The van der Waals surface area contributed by atoms with E-state index in [1.807, 2.05) is 25.1 Å². The van der Waals surface area contributed by atoms with Gasteiger partial charge < -0.3 is 14.2 Å². The first-order valence-corrected chi connectivity index (χ1v) is 10.6. The summed E-state index contributed by atoms with van der Waals surface area (Å²) >= 11 is 12.4. The van der Waals surface area contributed by atoms with E-state index >= 15 is 0 Å². The average molecular weight is 473 g/mol. The number of nitrogens with zero attached hydrogens (tertiary/aromatic N) is 1. The first kappa shape index (κ1) is 23.4. The summed E-state index contributed by atoms with van der Waals surface area (Å²) in [7, 11) is 1.52. The van der Waals surface area contributed by atoms with Gasteiger partial charge in [0.15, 0.2) is 11.5 Å². The summed E-state index contributed by atoms with van der Waals surface area (Å²) in [6, 6.07) is 17.5. The van der Waals surface area contributed by atoms with Gasteiger partial charge in [0.25, 0.3) is 5.91 Å². The van der Waals surface area contributed by atoms with E-state index < -0.39 is 0 Å². The summed E-state index contributed by atoms with van der Waals surface area (Å²) in [5.41, 5.74) is 4.48. The summed E-state index contributed by atoms with van der Waals surface area (Å²) in [5.74, 6) is 1.21. The van der Waals surface area contributed by atoms with Crippen LogP contribution in [0.5, 0.6) is 17.2 Å². The third-order valence-corrected chi connectivity index (χ3v) is 4.85. The minimum absolute atomic E-state index is 0.280. The lowest BCUT2D eigenvalue weighted by molar-refractivity contribution is 0.0955. The Kier molecular flexibility index (Phi) is 8.36. The molecule has 0 aliphatic heterocycles. The summed E-state index contributed by atoms with van der Waals surface area (Å²) in [6.45, 7) is 2.74. The molecule has 0 saturated carbocycles. The number of amides is 1. The fourth-order valence-corrected chi connectivity index (χ4v) is 3.32. The van der Waals surface area contributed by atoms with E-state index in [0.717, 1.165) is 5.56 Å². The maximum atomic E-state index is 12.2. The first-order chi connectivity index (χ1) is 15.5. The number of rotatable bonds is 9. The molecule has 1 amide bonds. The number of nitrogens with one attached hydrogen (secondary N) is 1. The second kappa shape index (κ2) is 11.4. The van der Waals surface area contributed by atoms with Gasteiger partial charge in [-0.1, -0.05) is 35.3 Å². The number of carbonyl (C=O) groups excluding carboxylic acids is 1. The highest BCUT2D eigenvalue weighted by molar-refractivity contribution is 6.32. The Hall–Kier alpha value is -3.22. The topological polar surface area (TPSA) is 69.2 Å². The molecule has 0 bridgehead atoms. The van der Waals surface area contributed by atoms with Crippen molar-refractivity contribution in [1.82, 2.24) is 5.43 Å². The lowest BCUT2D eigenvalue weighted by atomic mass is 10.2. The smallest absolute Gasteiger partial charge is 0.271 e. The molecule has 0 saturated heterocycles. The van der Waals surface area contributed by atoms with Crippen LogP contribution >= 0.6 is 23.2 Å². The van der Waals surface area contributed by atoms with Crippen LogP contribution in [-0.2, 0) is 6.61 Å². The van der Waals surface area contributed by atoms with Gasteiger partial charge in [-0.3, -0.25) is 4.79 Å². The zero-order chi connectivity index (χ0) is 22.9. The fraction of sp³-hybridized carbons (Fsp3) is 0.167. The van der Waals surface area contributed by atoms with Gasteiger partial charge in [0.05, 0.1) is 25.0 Å². The number of halogens is 2. The molecule has 0 radical (unpaired) electrons. The average Bonchev–Trinajstić information content (AvgIpc) is 2.78. The second-order valence-corrected chi connectivity index (χ2v) is 7.45. The van der Waals surface area contributed by atoms with Crippen molar-refractivity contribution in [2.75, 3.05) is 13.7 Å². The molecule has 0 atom stereocenters. The van der Waals surface area contributed by atoms with Crippen LogP contribution in [0.2, 0.25) is 10.0 Å². The van der Waals surface area contributed by atoms with Gasteiger partial charge in [0, 0.05) is 10.6 Å². The van der Waals surface area contributed by atoms with Crippen LogP contribution in [0, 0.1) is 0 Å². The molecule has 3 aromatic rings. The van der Waals surface area contributed by atoms with Gasteiger partial charge >= 0.3 is 0 Å². The highest BCUT2D eigenvalue weighted by Crippen LogP contribution is 2.36. The van der Waals surface area contributed by atoms with Crippen molar-refractivity contribution in [1.29, 1.82) is 0 Å². The quantitative estimate of drug-likeness (QED) is 0.318. The zero-order valence-electron chi connectivity index (χ0n) is 17.6. The van der Waals surface area contributed by atoms with Gasteiger partial charge in [0.1, 0.15) is 12.4 Å². The van der Waals surface area contributed by atoms with E-state index in [9.17, 15) is 4.79 Å². The fourth-order valence-electron chi connectivity index (χ4n) is 2.84. The van der Waals surface area contributed by atoms with E-state index in [0.29, 0.717) is 45.0 Å². The largest absolute Gasteiger partial charge is 0.494 e.